The zero-order chi connectivity index (χ0) is 10.8. The maximum Gasteiger partial charge on any atom is 0.422 e. The van der Waals surface area contributed by atoms with Crippen molar-refractivity contribution in [1.29, 1.82) is 0 Å². The first-order valence-corrected chi connectivity index (χ1v) is 4.45. The molecule has 0 atom stereocenters. The van der Waals surface area contributed by atoms with Crippen LogP contribution in [0, 0.1) is 3.57 Å². The average molecular weight is 321 g/mol. The summed E-state index contributed by atoms with van der Waals surface area (Å²) < 4.78 is 53.0. The SMILES string of the molecule is FCOc1nccc(I)c1C(F)(F)F. The van der Waals surface area contributed by atoms with Gasteiger partial charge in [-0.15, -0.1) is 0 Å². The van der Waals surface area contributed by atoms with Crippen LogP contribution < -0.4 is 4.74 Å². The monoisotopic (exact) mass is 321 g/mol. The summed E-state index contributed by atoms with van der Waals surface area (Å²) in [7, 11) is 0. The second kappa shape index (κ2) is 4.28. The molecule has 0 aliphatic rings. The maximum absolute atomic E-state index is 12.4. The molecule has 0 N–H and O–H groups in total. The number of halogens is 5. The molecule has 0 aliphatic carbocycles. The Morgan fingerprint density at radius 1 is 1.43 bits per heavy atom. The lowest BCUT2D eigenvalue weighted by Crippen LogP contribution is -2.11. The Bertz CT molecular complexity index is 328. The first-order valence-electron chi connectivity index (χ1n) is 3.37. The van der Waals surface area contributed by atoms with Crippen LogP contribution in [0.25, 0.3) is 0 Å². The third-order valence-corrected chi connectivity index (χ3v) is 2.24. The van der Waals surface area contributed by atoms with E-state index in [1.165, 1.54) is 28.7 Å². The fraction of sp³-hybridized carbons (Fsp3) is 0.286. The van der Waals surface area contributed by atoms with Gasteiger partial charge in [0, 0.05) is 9.77 Å². The van der Waals surface area contributed by atoms with E-state index in [1.807, 2.05) is 0 Å². The number of nitrogens with zero attached hydrogens (tertiary/aromatic N) is 1. The number of alkyl halides is 4. The van der Waals surface area contributed by atoms with Crippen LogP contribution in [0.3, 0.4) is 0 Å². The van der Waals surface area contributed by atoms with Crippen LogP contribution in [0.15, 0.2) is 12.3 Å². The minimum absolute atomic E-state index is 0.0754. The third kappa shape index (κ3) is 2.46. The third-order valence-electron chi connectivity index (χ3n) is 1.34. The lowest BCUT2D eigenvalue weighted by molar-refractivity contribution is -0.140. The quantitative estimate of drug-likeness (QED) is 0.617. The Morgan fingerprint density at radius 2 is 2.07 bits per heavy atom. The van der Waals surface area contributed by atoms with E-state index in [1.54, 1.807) is 0 Å². The van der Waals surface area contributed by atoms with Gasteiger partial charge >= 0.3 is 6.18 Å². The van der Waals surface area contributed by atoms with Gasteiger partial charge in [0.25, 0.3) is 0 Å². The van der Waals surface area contributed by atoms with Gasteiger partial charge in [0.2, 0.25) is 12.7 Å². The fourth-order valence-corrected chi connectivity index (χ4v) is 1.54. The summed E-state index contributed by atoms with van der Waals surface area (Å²) in [5, 5.41) is 0. The predicted molar refractivity (Wildman–Crippen MR) is 48.6 cm³/mol. The minimum Gasteiger partial charge on any atom is -0.445 e. The van der Waals surface area contributed by atoms with E-state index in [0.717, 1.165) is 6.20 Å². The molecule has 0 bridgehead atoms. The highest BCUT2D eigenvalue weighted by atomic mass is 127. The van der Waals surface area contributed by atoms with E-state index in [0.29, 0.717) is 0 Å². The van der Waals surface area contributed by atoms with Crippen LogP contribution in [-0.4, -0.2) is 11.8 Å². The lowest BCUT2D eigenvalue weighted by atomic mass is 10.2. The van der Waals surface area contributed by atoms with Crippen LogP contribution in [0.1, 0.15) is 5.56 Å². The predicted octanol–water partition coefficient (Wildman–Crippen LogP) is 3.01. The number of rotatable bonds is 2. The number of hydrogen-bond donors (Lipinski definition) is 0. The molecule has 1 aromatic heterocycles. The van der Waals surface area contributed by atoms with E-state index in [2.05, 4.69) is 9.72 Å². The molecule has 0 spiro atoms. The summed E-state index contributed by atoms with van der Waals surface area (Å²) in [5.41, 5.74) is -1.04. The van der Waals surface area contributed by atoms with Crippen LogP contribution in [0.2, 0.25) is 0 Å². The van der Waals surface area contributed by atoms with Gasteiger partial charge in [0.1, 0.15) is 5.56 Å². The van der Waals surface area contributed by atoms with Crippen molar-refractivity contribution in [2.75, 3.05) is 6.86 Å². The minimum atomic E-state index is -4.59. The van der Waals surface area contributed by atoms with Crippen LogP contribution in [0.5, 0.6) is 5.88 Å². The van der Waals surface area contributed by atoms with Gasteiger partial charge in [-0.1, -0.05) is 0 Å². The van der Waals surface area contributed by atoms with Crippen molar-refractivity contribution in [3.05, 3.63) is 21.4 Å². The molecule has 1 aromatic rings. The molecule has 1 rings (SSSR count). The largest absolute Gasteiger partial charge is 0.445 e. The summed E-state index contributed by atoms with van der Waals surface area (Å²) in [6.07, 6.45) is -3.46. The second-order valence-electron chi connectivity index (χ2n) is 2.22. The normalized spacial score (nSPS) is 11.5. The topological polar surface area (TPSA) is 22.1 Å². The van der Waals surface area contributed by atoms with Crippen molar-refractivity contribution in [1.82, 2.24) is 4.98 Å². The van der Waals surface area contributed by atoms with E-state index in [-0.39, 0.29) is 3.57 Å². The average Bonchev–Trinajstić information content (AvgIpc) is 2.02. The molecular formula is C7H4F4INO. The van der Waals surface area contributed by atoms with Crippen molar-refractivity contribution >= 4 is 22.6 Å². The molecule has 0 saturated heterocycles. The van der Waals surface area contributed by atoms with E-state index in [4.69, 9.17) is 0 Å². The van der Waals surface area contributed by atoms with Crippen molar-refractivity contribution < 1.29 is 22.3 Å². The zero-order valence-corrected chi connectivity index (χ0v) is 8.76. The molecule has 0 aromatic carbocycles. The molecule has 78 valence electrons. The molecule has 0 fully saturated rings. The second-order valence-corrected chi connectivity index (χ2v) is 3.39. The van der Waals surface area contributed by atoms with Gasteiger partial charge in [0.15, 0.2) is 0 Å². The van der Waals surface area contributed by atoms with Gasteiger partial charge in [-0.05, 0) is 28.7 Å². The van der Waals surface area contributed by atoms with E-state index < -0.39 is 24.5 Å². The van der Waals surface area contributed by atoms with Crippen molar-refractivity contribution in [3.8, 4) is 5.88 Å². The Kier molecular flexibility index (Phi) is 3.51. The lowest BCUT2D eigenvalue weighted by Gasteiger charge is -2.12. The molecule has 0 saturated carbocycles. The first kappa shape index (κ1) is 11.5. The molecule has 0 unspecified atom stereocenters. The van der Waals surface area contributed by atoms with Gasteiger partial charge in [-0.25, -0.2) is 9.37 Å². The maximum atomic E-state index is 12.4. The Balaban J connectivity index is 3.22. The first-order chi connectivity index (χ1) is 6.46. The van der Waals surface area contributed by atoms with Crippen LogP contribution in [0.4, 0.5) is 17.6 Å². The molecule has 0 radical (unpaired) electrons. The fourth-order valence-electron chi connectivity index (χ4n) is 0.838. The number of aromatic nitrogens is 1. The molecular weight excluding hydrogens is 317 g/mol. The number of hydrogen-bond acceptors (Lipinski definition) is 2. The van der Waals surface area contributed by atoms with Gasteiger partial charge in [0.05, 0.1) is 0 Å². The van der Waals surface area contributed by atoms with E-state index in [9.17, 15) is 17.6 Å². The van der Waals surface area contributed by atoms with Crippen molar-refractivity contribution in [3.63, 3.8) is 0 Å². The highest BCUT2D eigenvalue weighted by Crippen LogP contribution is 2.37. The van der Waals surface area contributed by atoms with E-state index >= 15 is 0 Å². The summed E-state index contributed by atoms with van der Waals surface area (Å²) in [4.78, 5) is 3.31. The Labute approximate surface area is 90.4 Å². The van der Waals surface area contributed by atoms with Gasteiger partial charge in [-0.2, -0.15) is 13.2 Å². The van der Waals surface area contributed by atoms with Crippen LogP contribution >= 0.6 is 22.6 Å². The van der Waals surface area contributed by atoms with Crippen LogP contribution in [-0.2, 0) is 6.18 Å². The summed E-state index contributed by atoms with van der Waals surface area (Å²) in [5.74, 6) is -0.730. The molecule has 2 nitrogen and oxygen atoms in total. The molecule has 7 heteroatoms. The highest BCUT2D eigenvalue weighted by molar-refractivity contribution is 14.1. The Morgan fingerprint density at radius 3 is 2.57 bits per heavy atom. The summed E-state index contributed by atoms with van der Waals surface area (Å²) >= 11 is 1.49. The van der Waals surface area contributed by atoms with Gasteiger partial charge in [-0.3, -0.25) is 0 Å². The zero-order valence-electron chi connectivity index (χ0n) is 6.61. The Hall–Kier alpha value is -0.600. The standard InChI is InChI=1S/C7H4F4INO/c8-3-14-6-5(7(9,10)11)4(12)1-2-13-6/h1-2H,3H2. The van der Waals surface area contributed by atoms with Crippen molar-refractivity contribution in [2.45, 2.75) is 6.18 Å². The molecule has 0 aliphatic heterocycles. The summed E-state index contributed by atoms with van der Waals surface area (Å²) in [6, 6.07) is 1.18. The molecule has 1 heterocycles. The molecule has 14 heavy (non-hydrogen) atoms. The summed E-state index contributed by atoms with van der Waals surface area (Å²) in [6.45, 7) is -1.34. The van der Waals surface area contributed by atoms with Gasteiger partial charge < -0.3 is 4.74 Å². The highest BCUT2D eigenvalue weighted by Gasteiger charge is 2.37. The smallest absolute Gasteiger partial charge is 0.422 e. The molecule has 0 amide bonds. The van der Waals surface area contributed by atoms with Crippen molar-refractivity contribution in [2.24, 2.45) is 0 Å². The number of pyridine rings is 1. The number of ether oxygens (including phenoxy) is 1.